The molecule has 1 aromatic rings. The second kappa shape index (κ2) is 5.86. The molecule has 0 aromatic carbocycles. The van der Waals surface area contributed by atoms with E-state index < -0.39 is 6.09 Å². The lowest BCUT2D eigenvalue weighted by atomic mass is 9.90. The van der Waals surface area contributed by atoms with E-state index in [2.05, 4.69) is 15.6 Å². The van der Waals surface area contributed by atoms with Crippen molar-refractivity contribution < 1.29 is 9.63 Å². The monoisotopic (exact) mass is 272 g/mol. The highest BCUT2D eigenvalue weighted by molar-refractivity contribution is 6.30. The van der Waals surface area contributed by atoms with E-state index in [0.29, 0.717) is 17.3 Å². The molecule has 1 N–H and O–H groups in total. The summed E-state index contributed by atoms with van der Waals surface area (Å²) in [4.78, 5) is 15.7. The molecule has 100 valence electrons. The Kier molecular flexibility index (Phi) is 4.72. The summed E-state index contributed by atoms with van der Waals surface area (Å²) in [6.07, 6.45) is 2.62. The van der Waals surface area contributed by atoms with Gasteiger partial charge in [0.05, 0.1) is 23.5 Å². The lowest BCUT2D eigenvalue weighted by Crippen LogP contribution is -2.27. The molecule has 0 atom stereocenters. The molecule has 0 aliphatic rings. The summed E-state index contributed by atoms with van der Waals surface area (Å²) in [7, 11) is 1.47. The Bertz CT molecular complexity index is 448. The van der Waals surface area contributed by atoms with E-state index in [0.717, 1.165) is 0 Å². The van der Waals surface area contributed by atoms with Crippen LogP contribution in [0.1, 0.15) is 20.8 Å². The first-order valence-corrected chi connectivity index (χ1v) is 5.84. The van der Waals surface area contributed by atoms with Crippen molar-refractivity contribution in [1.29, 1.82) is 0 Å². The minimum Gasteiger partial charge on any atom is -0.323 e. The lowest BCUT2D eigenvalue weighted by Gasteiger charge is -2.20. The molecule has 1 amide bonds. The molecule has 7 heteroatoms. The standard InChI is InChI=1S/C11H17ClN4O2/c1-11(2,3)9(15-18-10(17)13-4)7-16-6-8(12)5-14-16/h5-6H,7H2,1-4H3,(H,13,17). The number of amides is 1. The zero-order chi connectivity index (χ0) is 13.8. The Balaban J connectivity index is 2.82. The van der Waals surface area contributed by atoms with E-state index in [1.54, 1.807) is 17.1 Å². The second-order valence-corrected chi connectivity index (χ2v) is 5.21. The average Bonchev–Trinajstić information content (AvgIpc) is 2.68. The molecule has 0 fully saturated rings. The number of halogens is 1. The lowest BCUT2D eigenvalue weighted by molar-refractivity contribution is 0.151. The van der Waals surface area contributed by atoms with Crippen LogP contribution in [-0.2, 0) is 11.4 Å². The van der Waals surface area contributed by atoms with Gasteiger partial charge in [-0.1, -0.05) is 37.5 Å². The third kappa shape index (κ3) is 4.37. The molecule has 0 aliphatic heterocycles. The molecule has 0 unspecified atom stereocenters. The fourth-order valence-corrected chi connectivity index (χ4v) is 1.28. The molecule has 0 saturated carbocycles. The van der Waals surface area contributed by atoms with Gasteiger partial charge in [0.1, 0.15) is 0 Å². The summed E-state index contributed by atoms with van der Waals surface area (Å²) in [5, 5.41) is 10.8. The highest BCUT2D eigenvalue weighted by atomic mass is 35.5. The van der Waals surface area contributed by atoms with Crippen LogP contribution in [0.15, 0.2) is 17.5 Å². The number of nitrogens with one attached hydrogen (secondary N) is 1. The van der Waals surface area contributed by atoms with Crippen LogP contribution < -0.4 is 5.32 Å². The molecule has 1 heterocycles. The van der Waals surface area contributed by atoms with Gasteiger partial charge in [-0.05, 0) is 0 Å². The molecule has 0 bridgehead atoms. The van der Waals surface area contributed by atoms with Crippen molar-refractivity contribution in [1.82, 2.24) is 15.1 Å². The SMILES string of the molecule is CNC(=O)ON=C(Cn1cc(Cl)cn1)C(C)(C)C. The van der Waals surface area contributed by atoms with Gasteiger partial charge < -0.3 is 5.32 Å². The first-order valence-electron chi connectivity index (χ1n) is 5.47. The van der Waals surface area contributed by atoms with Gasteiger partial charge in [0.25, 0.3) is 0 Å². The van der Waals surface area contributed by atoms with Crippen LogP contribution in [0.3, 0.4) is 0 Å². The van der Waals surface area contributed by atoms with Crippen LogP contribution in [0.2, 0.25) is 5.02 Å². The van der Waals surface area contributed by atoms with Gasteiger partial charge in [0, 0.05) is 18.7 Å². The van der Waals surface area contributed by atoms with Gasteiger partial charge >= 0.3 is 6.09 Å². The molecule has 0 spiro atoms. The summed E-state index contributed by atoms with van der Waals surface area (Å²) in [5.41, 5.74) is 0.442. The highest BCUT2D eigenvalue weighted by Crippen LogP contribution is 2.18. The quantitative estimate of drug-likeness (QED) is 0.521. The fourth-order valence-electron chi connectivity index (χ4n) is 1.12. The van der Waals surface area contributed by atoms with Gasteiger partial charge in [-0.3, -0.25) is 9.52 Å². The molecular weight excluding hydrogens is 256 g/mol. The molecule has 0 aliphatic carbocycles. The third-order valence-corrected chi connectivity index (χ3v) is 2.42. The van der Waals surface area contributed by atoms with E-state index in [1.807, 2.05) is 20.8 Å². The Hall–Kier alpha value is -1.56. The molecule has 1 rings (SSSR count). The van der Waals surface area contributed by atoms with Crippen molar-refractivity contribution in [2.45, 2.75) is 27.3 Å². The molecule has 18 heavy (non-hydrogen) atoms. The minimum absolute atomic E-state index is 0.244. The number of aromatic nitrogens is 2. The van der Waals surface area contributed by atoms with Crippen molar-refractivity contribution >= 4 is 23.4 Å². The highest BCUT2D eigenvalue weighted by Gasteiger charge is 2.21. The van der Waals surface area contributed by atoms with Gasteiger partial charge in [0.15, 0.2) is 0 Å². The van der Waals surface area contributed by atoms with Gasteiger partial charge in [-0.25, -0.2) is 4.79 Å². The number of hydrogen-bond donors (Lipinski definition) is 1. The first-order chi connectivity index (χ1) is 8.32. The van der Waals surface area contributed by atoms with Crippen LogP contribution >= 0.6 is 11.6 Å². The molecule has 0 saturated heterocycles. The topological polar surface area (TPSA) is 68.5 Å². The third-order valence-electron chi connectivity index (χ3n) is 2.22. The largest absolute Gasteiger partial charge is 0.433 e. The fraction of sp³-hybridized carbons (Fsp3) is 0.545. The number of oxime groups is 1. The average molecular weight is 273 g/mol. The van der Waals surface area contributed by atoms with Crippen LogP contribution in [0.4, 0.5) is 4.79 Å². The minimum atomic E-state index is -0.602. The number of nitrogens with zero attached hydrogens (tertiary/aromatic N) is 3. The summed E-state index contributed by atoms with van der Waals surface area (Å²) >= 11 is 5.79. The zero-order valence-electron chi connectivity index (χ0n) is 10.9. The summed E-state index contributed by atoms with van der Waals surface area (Å²) in [6.45, 7) is 6.34. The summed E-state index contributed by atoms with van der Waals surface area (Å²) < 4.78 is 1.64. The van der Waals surface area contributed by atoms with Crippen molar-refractivity contribution in [3.63, 3.8) is 0 Å². The van der Waals surface area contributed by atoms with Gasteiger partial charge in [-0.2, -0.15) is 5.10 Å². The molecule has 0 radical (unpaired) electrons. The van der Waals surface area contributed by atoms with E-state index in [9.17, 15) is 4.79 Å². The maximum atomic E-state index is 11.0. The van der Waals surface area contributed by atoms with Crippen molar-refractivity contribution in [3.8, 4) is 0 Å². The van der Waals surface area contributed by atoms with Crippen LogP contribution in [-0.4, -0.2) is 28.6 Å². The van der Waals surface area contributed by atoms with Gasteiger partial charge in [-0.15, -0.1) is 0 Å². The smallest absolute Gasteiger partial charge is 0.323 e. The van der Waals surface area contributed by atoms with E-state index in [4.69, 9.17) is 16.4 Å². The first kappa shape index (κ1) is 14.5. The van der Waals surface area contributed by atoms with Crippen LogP contribution in [0.25, 0.3) is 0 Å². The Morgan fingerprint density at radius 2 is 2.28 bits per heavy atom. The van der Waals surface area contributed by atoms with Crippen LogP contribution in [0.5, 0.6) is 0 Å². The predicted molar refractivity (Wildman–Crippen MR) is 69.7 cm³/mol. The van der Waals surface area contributed by atoms with E-state index in [1.165, 1.54) is 7.05 Å². The maximum Gasteiger partial charge on any atom is 0.433 e. The van der Waals surface area contributed by atoms with Crippen molar-refractivity contribution in [3.05, 3.63) is 17.4 Å². The molecule has 1 aromatic heterocycles. The summed E-state index contributed by atoms with van der Waals surface area (Å²) in [5.74, 6) is 0. The summed E-state index contributed by atoms with van der Waals surface area (Å²) in [6, 6.07) is 0. The number of carbonyl (C=O) groups is 1. The van der Waals surface area contributed by atoms with Crippen LogP contribution in [0, 0.1) is 5.41 Å². The van der Waals surface area contributed by atoms with E-state index in [-0.39, 0.29) is 5.41 Å². The molecular formula is C11H17ClN4O2. The maximum absolute atomic E-state index is 11.0. The number of carbonyl (C=O) groups excluding carboxylic acids is 1. The Morgan fingerprint density at radius 1 is 1.61 bits per heavy atom. The zero-order valence-corrected chi connectivity index (χ0v) is 11.7. The van der Waals surface area contributed by atoms with Crippen molar-refractivity contribution in [2.24, 2.45) is 10.6 Å². The Labute approximate surface area is 111 Å². The molecule has 6 nitrogen and oxygen atoms in total. The number of hydrogen-bond acceptors (Lipinski definition) is 4. The predicted octanol–water partition coefficient (Wildman–Crippen LogP) is 2.29. The van der Waals surface area contributed by atoms with E-state index >= 15 is 0 Å². The van der Waals surface area contributed by atoms with Crippen molar-refractivity contribution in [2.75, 3.05) is 7.05 Å². The normalized spacial score (nSPS) is 12.4. The second-order valence-electron chi connectivity index (χ2n) is 4.77. The Morgan fingerprint density at radius 3 is 2.72 bits per heavy atom. The number of rotatable bonds is 3. The van der Waals surface area contributed by atoms with Gasteiger partial charge in [0.2, 0.25) is 0 Å².